The highest BCUT2D eigenvalue weighted by Crippen LogP contribution is 2.12. The molecule has 268 valence electrons. The number of unbranched alkanes of at least 4 members (excludes halogenated alkanes) is 24. The van der Waals surface area contributed by atoms with Crippen molar-refractivity contribution in [3.8, 4) is 0 Å². The third-order valence-electron chi connectivity index (χ3n) is 9.17. The summed E-state index contributed by atoms with van der Waals surface area (Å²) < 4.78 is 12.4. The molecule has 0 saturated carbocycles. The fourth-order valence-electron chi connectivity index (χ4n) is 5.90. The Labute approximate surface area is 284 Å². The van der Waals surface area contributed by atoms with Crippen LogP contribution in [0.15, 0.2) is 24.3 Å². The van der Waals surface area contributed by atoms with E-state index in [4.69, 9.17) is 9.47 Å². The predicted molar refractivity (Wildman–Crippen MR) is 203 cm³/mol. The second kappa shape index (κ2) is 39.5. The van der Waals surface area contributed by atoms with Gasteiger partial charge in [-0.1, -0.05) is 161 Å². The van der Waals surface area contributed by atoms with Crippen molar-refractivity contribution in [2.75, 3.05) is 40.0 Å². The van der Waals surface area contributed by atoms with Gasteiger partial charge in [-0.05, 0) is 77.8 Å². The van der Waals surface area contributed by atoms with E-state index >= 15 is 0 Å². The fourth-order valence-corrected chi connectivity index (χ4v) is 5.90. The first-order valence-corrected chi connectivity index (χ1v) is 20.4. The molecule has 0 aliphatic heterocycles. The van der Waals surface area contributed by atoms with Crippen LogP contribution in [-0.4, -0.2) is 51.0 Å². The van der Waals surface area contributed by atoms with E-state index in [2.05, 4.69) is 57.0 Å². The van der Waals surface area contributed by atoms with E-state index in [1.54, 1.807) is 0 Å². The van der Waals surface area contributed by atoms with Gasteiger partial charge in [0.1, 0.15) is 0 Å². The van der Waals surface area contributed by atoms with Crippen molar-refractivity contribution in [2.24, 2.45) is 0 Å². The molecule has 0 bridgehead atoms. The van der Waals surface area contributed by atoms with Crippen LogP contribution in [0.4, 0.5) is 0 Å². The zero-order valence-corrected chi connectivity index (χ0v) is 31.5. The highest BCUT2D eigenvalue weighted by atomic mass is 16.5. The Morgan fingerprint density at radius 3 is 1.20 bits per heavy atom. The van der Waals surface area contributed by atoms with Crippen LogP contribution in [-0.2, 0) is 9.47 Å². The lowest BCUT2D eigenvalue weighted by Crippen LogP contribution is -2.34. The molecule has 0 aliphatic carbocycles. The molecule has 0 aromatic carbocycles. The van der Waals surface area contributed by atoms with Gasteiger partial charge in [-0.25, -0.2) is 0 Å². The Kier molecular flexibility index (Phi) is 39.0. The Balaban J connectivity index is 3.61. The standard InChI is InChI=1S/C42H83NO2/c1-5-8-10-12-14-16-18-20-22-24-26-28-30-32-34-36-38-44-41-42(40-43(4)7-3)45-39-37-35-33-31-29-27-25-23-21-19-17-15-13-11-9-6-2/h20-23,42H,5-19,24-41H2,1-4H3/b22-20+,23-21+. The zero-order chi connectivity index (χ0) is 32.7. The zero-order valence-electron chi connectivity index (χ0n) is 31.5. The number of nitrogens with zero attached hydrogens (tertiary/aromatic N) is 1. The van der Waals surface area contributed by atoms with E-state index in [1.807, 2.05) is 0 Å². The first-order chi connectivity index (χ1) is 22.2. The third kappa shape index (κ3) is 37.7. The van der Waals surface area contributed by atoms with Gasteiger partial charge in [0.15, 0.2) is 0 Å². The van der Waals surface area contributed by atoms with Crippen LogP contribution in [0.3, 0.4) is 0 Å². The summed E-state index contributed by atoms with van der Waals surface area (Å²) in [7, 11) is 2.19. The number of rotatable bonds is 38. The first kappa shape index (κ1) is 44.4. The highest BCUT2D eigenvalue weighted by molar-refractivity contribution is 4.82. The molecule has 0 fully saturated rings. The molecule has 1 unspecified atom stereocenters. The summed E-state index contributed by atoms with van der Waals surface area (Å²) in [6, 6.07) is 0. The minimum Gasteiger partial charge on any atom is -0.379 e. The molecule has 3 nitrogen and oxygen atoms in total. The maximum Gasteiger partial charge on any atom is 0.0934 e. The molecule has 0 saturated heterocycles. The van der Waals surface area contributed by atoms with Gasteiger partial charge in [-0.3, -0.25) is 0 Å². The topological polar surface area (TPSA) is 21.7 Å². The lowest BCUT2D eigenvalue weighted by Gasteiger charge is -2.23. The van der Waals surface area contributed by atoms with Gasteiger partial charge >= 0.3 is 0 Å². The molecule has 0 N–H and O–H groups in total. The summed E-state index contributed by atoms with van der Waals surface area (Å²) in [4.78, 5) is 2.35. The molecule has 0 radical (unpaired) electrons. The van der Waals surface area contributed by atoms with Crippen molar-refractivity contribution in [2.45, 2.75) is 207 Å². The van der Waals surface area contributed by atoms with Crippen LogP contribution < -0.4 is 0 Å². The maximum atomic E-state index is 6.29. The Morgan fingerprint density at radius 2 is 0.800 bits per heavy atom. The molecule has 0 rings (SSSR count). The number of allylic oxidation sites excluding steroid dienone is 4. The SMILES string of the molecule is CCCCCCCC/C=C/CCCCCCCCOCC(CN(C)CC)OCCCCCCCC/C=C/CCCCCCCC. The molecule has 0 aliphatic rings. The second-order valence-electron chi connectivity index (χ2n) is 13.8. The van der Waals surface area contributed by atoms with Gasteiger partial charge < -0.3 is 14.4 Å². The lowest BCUT2D eigenvalue weighted by atomic mass is 10.1. The lowest BCUT2D eigenvalue weighted by molar-refractivity contribution is -0.0308. The van der Waals surface area contributed by atoms with Gasteiger partial charge in [0.05, 0.1) is 12.7 Å². The molecule has 0 heterocycles. The first-order valence-electron chi connectivity index (χ1n) is 20.4. The van der Waals surface area contributed by atoms with E-state index in [0.29, 0.717) is 0 Å². The Bertz CT molecular complexity index is 589. The van der Waals surface area contributed by atoms with Crippen molar-refractivity contribution < 1.29 is 9.47 Å². The maximum absolute atomic E-state index is 6.29. The normalized spacial score (nSPS) is 12.8. The smallest absolute Gasteiger partial charge is 0.0934 e. The van der Waals surface area contributed by atoms with Crippen LogP contribution in [0.2, 0.25) is 0 Å². The molecule has 0 aromatic heterocycles. The number of hydrogen-bond acceptors (Lipinski definition) is 3. The molecule has 0 amide bonds. The van der Waals surface area contributed by atoms with E-state index in [9.17, 15) is 0 Å². The van der Waals surface area contributed by atoms with Crippen molar-refractivity contribution in [3.05, 3.63) is 24.3 Å². The van der Waals surface area contributed by atoms with Crippen LogP contribution >= 0.6 is 0 Å². The molecule has 45 heavy (non-hydrogen) atoms. The molecule has 1 atom stereocenters. The van der Waals surface area contributed by atoms with Crippen molar-refractivity contribution in [1.29, 1.82) is 0 Å². The van der Waals surface area contributed by atoms with Crippen LogP contribution in [0.25, 0.3) is 0 Å². The second-order valence-corrected chi connectivity index (χ2v) is 13.8. The van der Waals surface area contributed by atoms with Crippen LogP contribution in [0.5, 0.6) is 0 Å². The van der Waals surface area contributed by atoms with Gasteiger partial charge in [0.25, 0.3) is 0 Å². The number of hydrogen-bond donors (Lipinski definition) is 0. The van der Waals surface area contributed by atoms with Crippen molar-refractivity contribution in [1.82, 2.24) is 4.90 Å². The van der Waals surface area contributed by atoms with Crippen molar-refractivity contribution in [3.63, 3.8) is 0 Å². The van der Waals surface area contributed by atoms with Gasteiger partial charge in [-0.2, -0.15) is 0 Å². The van der Waals surface area contributed by atoms with Crippen LogP contribution in [0, 0.1) is 0 Å². The van der Waals surface area contributed by atoms with Crippen molar-refractivity contribution >= 4 is 0 Å². The average molecular weight is 634 g/mol. The predicted octanol–water partition coefficient (Wildman–Crippen LogP) is 13.4. The number of likely N-dealkylation sites (N-methyl/N-ethyl adjacent to an activating group) is 1. The fraction of sp³-hybridized carbons (Fsp3) is 0.905. The molecular formula is C42H83NO2. The van der Waals surface area contributed by atoms with E-state index in [-0.39, 0.29) is 6.10 Å². The van der Waals surface area contributed by atoms with E-state index in [1.165, 1.54) is 180 Å². The summed E-state index contributed by atoms with van der Waals surface area (Å²) in [5.74, 6) is 0. The Morgan fingerprint density at radius 1 is 0.444 bits per heavy atom. The highest BCUT2D eigenvalue weighted by Gasteiger charge is 2.12. The minimum absolute atomic E-state index is 0.201. The molecule has 3 heteroatoms. The summed E-state index contributed by atoms with van der Waals surface area (Å²) in [5, 5.41) is 0. The summed E-state index contributed by atoms with van der Waals surface area (Å²) in [6.07, 6.45) is 47.6. The molecular weight excluding hydrogens is 550 g/mol. The number of ether oxygens (including phenoxy) is 2. The monoisotopic (exact) mass is 634 g/mol. The largest absolute Gasteiger partial charge is 0.379 e. The van der Waals surface area contributed by atoms with Gasteiger partial charge in [-0.15, -0.1) is 0 Å². The summed E-state index contributed by atoms with van der Waals surface area (Å²) in [6.45, 7) is 11.3. The average Bonchev–Trinajstić information content (AvgIpc) is 3.05. The van der Waals surface area contributed by atoms with E-state index < -0.39 is 0 Å². The quantitative estimate of drug-likeness (QED) is 0.0499. The van der Waals surface area contributed by atoms with Crippen LogP contribution in [0.1, 0.15) is 201 Å². The Hall–Kier alpha value is -0.640. The van der Waals surface area contributed by atoms with E-state index in [0.717, 1.165) is 32.9 Å². The third-order valence-corrected chi connectivity index (χ3v) is 9.17. The van der Waals surface area contributed by atoms with Gasteiger partial charge in [0, 0.05) is 19.8 Å². The molecule has 0 aromatic rings. The molecule has 0 spiro atoms. The summed E-state index contributed by atoms with van der Waals surface area (Å²) in [5.41, 5.74) is 0. The minimum atomic E-state index is 0.201. The summed E-state index contributed by atoms with van der Waals surface area (Å²) >= 11 is 0. The van der Waals surface area contributed by atoms with Gasteiger partial charge in [0.2, 0.25) is 0 Å².